The van der Waals surface area contributed by atoms with Crippen LogP contribution in [0.1, 0.15) is 5.56 Å². The maximum atomic E-state index is 13.3. The smallest absolute Gasteiger partial charge is 0.311 e. The molecule has 0 unspecified atom stereocenters. The van der Waals surface area contributed by atoms with E-state index in [0.717, 1.165) is 12.1 Å². The van der Waals surface area contributed by atoms with E-state index in [0.29, 0.717) is 0 Å². The molecule has 0 fully saturated rings. The number of hydrogen-bond acceptors (Lipinski definition) is 3. The van der Waals surface area contributed by atoms with Gasteiger partial charge >= 0.3 is 5.69 Å². The quantitative estimate of drug-likeness (QED) is 0.436. The summed E-state index contributed by atoms with van der Waals surface area (Å²) in [6.07, 6.45) is 1.65. The summed E-state index contributed by atoms with van der Waals surface area (Å²) in [5, 5.41) is 10.6. The van der Waals surface area contributed by atoms with E-state index in [2.05, 4.69) is 6.58 Å². The van der Waals surface area contributed by atoms with E-state index < -0.39 is 10.7 Å². The molecule has 0 radical (unpaired) electrons. The van der Waals surface area contributed by atoms with E-state index in [9.17, 15) is 14.5 Å². The lowest BCUT2D eigenvalue weighted by atomic mass is 10.1. The summed E-state index contributed by atoms with van der Waals surface area (Å²) in [4.78, 5) is 10.0. The minimum absolute atomic E-state index is 0.0418. The number of benzene rings is 1. The van der Waals surface area contributed by atoms with Gasteiger partial charge in [0.25, 0.3) is 0 Å². The molecule has 80 valence electrons. The fourth-order valence-electron chi connectivity index (χ4n) is 1.30. The Kier molecular flexibility index (Phi) is 3.38. The Balaban J connectivity index is 3.39. The second-order valence-electron chi connectivity index (χ2n) is 2.83. The van der Waals surface area contributed by atoms with Gasteiger partial charge in [0.15, 0.2) is 0 Å². The van der Waals surface area contributed by atoms with Crippen molar-refractivity contribution in [2.45, 2.75) is 6.42 Å². The summed E-state index contributed by atoms with van der Waals surface area (Å²) in [5.74, 6) is -0.572. The van der Waals surface area contributed by atoms with Crippen molar-refractivity contribution in [3.8, 4) is 5.75 Å². The first-order valence-electron chi connectivity index (χ1n) is 4.22. The largest absolute Gasteiger partial charge is 0.490 e. The van der Waals surface area contributed by atoms with Crippen molar-refractivity contribution in [3.63, 3.8) is 0 Å². The van der Waals surface area contributed by atoms with Crippen molar-refractivity contribution >= 4 is 5.69 Å². The van der Waals surface area contributed by atoms with Crippen LogP contribution in [-0.2, 0) is 6.42 Å². The van der Waals surface area contributed by atoms with E-state index in [1.807, 2.05) is 0 Å². The summed E-state index contributed by atoms with van der Waals surface area (Å²) in [6, 6.07) is 2.14. The highest BCUT2D eigenvalue weighted by molar-refractivity contribution is 5.52. The fourth-order valence-corrected chi connectivity index (χ4v) is 1.30. The van der Waals surface area contributed by atoms with Crippen LogP contribution in [0.2, 0.25) is 0 Å². The van der Waals surface area contributed by atoms with Crippen molar-refractivity contribution in [2.24, 2.45) is 0 Å². The highest BCUT2D eigenvalue weighted by Gasteiger charge is 2.20. The third-order valence-corrected chi connectivity index (χ3v) is 1.93. The number of methoxy groups -OCH3 is 1. The van der Waals surface area contributed by atoms with Gasteiger partial charge in [0, 0.05) is 11.6 Å². The van der Waals surface area contributed by atoms with E-state index >= 15 is 0 Å². The zero-order chi connectivity index (χ0) is 11.4. The Morgan fingerprint density at radius 2 is 2.33 bits per heavy atom. The van der Waals surface area contributed by atoms with Gasteiger partial charge in [0.2, 0.25) is 5.75 Å². The molecule has 0 aliphatic heterocycles. The first-order chi connectivity index (χ1) is 7.11. The third-order valence-electron chi connectivity index (χ3n) is 1.93. The number of nitro groups is 1. The Labute approximate surface area is 86.1 Å². The lowest BCUT2D eigenvalue weighted by Crippen LogP contribution is -2.00. The summed E-state index contributed by atoms with van der Waals surface area (Å²) in [5.41, 5.74) is -0.0857. The standard InChI is InChI=1S/C10H10FNO3/c1-3-4-7-8(11)5-6-9(12(13)14)10(7)15-2/h3,5-6H,1,4H2,2H3. The van der Waals surface area contributed by atoms with Crippen molar-refractivity contribution < 1.29 is 14.1 Å². The number of nitro benzene ring substituents is 1. The van der Waals surface area contributed by atoms with Gasteiger partial charge in [-0.1, -0.05) is 6.08 Å². The molecule has 0 N–H and O–H groups in total. The van der Waals surface area contributed by atoms with Crippen molar-refractivity contribution in [2.75, 3.05) is 7.11 Å². The van der Waals surface area contributed by atoms with Gasteiger partial charge < -0.3 is 4.74 Å². The van der Waals surface area contributed by atoms with Crippen LogP contribution in [0.25, 0.3) is 0 Å². The number of nitrogens with zero attached hydrogens (tertiary/aromatic N) is 1. The van der Waals surface area contributed by atoms with Crippen LogP contribution < -0.4 is 4.74 Å². The predicted octanol–water partition coefficient (Wildman–Crippen LogP) is 2.47. The summed E-state index contributed by atoms with van der Waals surface area (Å²) in [7, 11) is 1.27. The first kappa shape index (κ1) is 11.2. The fraction of sp³-hybridized carbons (Fsp3) is 0.200. The highest BCUT2D eigenvalue weighted by atomic mass is 19.1. The number of halogens is 1. The molecule has 4 nitrogen and oxygen atoms in total. The Morgan fingerprint density at radius 3 is 2.80 bits per heavy atom. The second kappa shape index (κ2) is 4.54. The topological polar surface area (TPSA) is 52.4 Å². The van der Waals surface area contributed by atoms with Gasteiger partial charge in [0.1, 0.15) is 5.82 Å². The lowest BCUT2D eigenvalue weighted by Gasteiger charge is -2.07. The molecule has 0 atom stereocenters. The zero-order valence-corrected chi connectivity index (χ0v) is 8.20. The Hall–Kier alpha value is -1.91. The molecule has 0 saturated heterocycles. The number of rotatable bonds is 4. The molecule has 0 bridgehead atoms. The van der Waals surface area contributed by atoms with Crippen LogP contribution in [0.4, 0.5) is 10.1 Å². The molecular formula is C10H10FNO3. The van der Waals surface area contributed by atoms with Crippen molar-refractivity contribution in [1.29, 1.82) is 0 Å². The van der Waals surface area contributed by atoms with E-state index in [4.69, 9.17) is 4.74 Å². The molecular weight excluding hydrogens is 201 g/mol. The molecule has 1 aromatic carbocycles. The van der Waals surface area contributed by atoms with Gasteiger partial charge in [-0.05, 0) is 12.5 Å². The number of hydrogen-bond donors (Lipinski definition) is 0. The van der Waals surface area contributed by atoms with E-state index in [1.165, 1.54) is 13.2 Å². The Morgan fingerprint density at radius 1 is 1.67 bits per heavy atom. The predicted molar refractivity (Wildman–Crippen MR) is 53.5 cm³/mol. The third kappa shape index (κ3) is 2.12. The molecule has 0 saturated carbocycles. The van der Waals surface area contributed by atoms with Crippen LogP contribution in [0.3, 0.4) is 0 Å². The van der Waals surface area contributed by atoms with Gasteiger partial charge in [0.05, 0.1) is 12.0 Å². The Bertz CT molecular complexity index is 404. The summed E-state index contributed by atoms with van der Waals surface area (Å²) >= 11 is 0. The molecule has 0 aliphatic carbocycles. The van der Waals surface area contributed by atoms with Crippen LogP contribution >= 0.6 is 0 Å². The van der Waals surface area contributed by atoms with Gasteiger partial charge in [-0.2, -0.15) is 0 Å². The molecule has 15 heavy (non-hydrogen) atoms. The lowest BCUT2D eigenvalue weighted by molar-refractivity contribution is -0.385. The molecule has 0 spiro atoms. The number of allylic oxidation sites excluding steroid dienone is 1. The average Bonchev–Trinajstić information content (AvgIpc) is 2.20. The molecule has 5 heteroatoms. The zero-order valence-electron chi connectivity index (χ0n) is 8.20. The monoisotopic (exact) mass is 211 g/mol. The van der Waals surface area contributed by atoms with Crippen molar-refractivity contribution in [3.05, 3.63) is 46.3 Å². The minimum Gasteiger partial charge on any atom is -0.490 e. The SMILES string of the molecule is C=CCc1c(F)ccc([N+](=O)[O-])c1OC. The van der Waals surface area contributed by atoms with Crippen LogP contribution in [0, 0.1) is 15.9 Å². The second-order valence-corrected chi connectivity index (χ2v) is 2.83. The average molecular weight is 211 g/mol. The summed E-state index contributed by atoms with van der Waals surface area (Å²) < 4.78 is 18.2. The van der Waals surface area contributed by atoms with Crippen molar-refractivity contribution in [1.82, 2.24) is 0 Å². The minimum atomic E-state index is -0.606. The molecule has 0 amide bonds. The van der Waals surface area contributed by atoms with Gasteiger partial charge in [-0.25, -0.2) is 4.39 Å². The molecule has 1 rings (SSSR count). The first-order valence-corrected chi connectivity index (χ1v) is 4.22. The van der Waals surface area contributed by atoms with E-state index in [-0.39, 0.29) is 23.4 Å². The normalized spacial score (nSPS) is 9.73. The summed E-state index contributed by atoms with van der Waals surface area (Å²) in [6.45, 7) is 3.45. The maximum Gasteiger partial charge on any atom is 0.311 e. The van der Waals surface area contributed by atoms with Crippen LogP contribution in [-0.4, -0.2) is 12.0 Å². The molecule has 0 aliphatic rings. The highest BCUT2D eigenvalue weighted by Crippen LogP contribution is 2.32. The maximum absolute atomic E-state index is 13.3. The van der Waals surface area contributed by atoms with E-state index in [1.54, 1.807) is 0 Å². The molecule has 1 aromatic rings. The molecule has 0 aromatic heterocycles. The van der Waals surface area contributed by atoms with Gasteiger partial charge in [-0.3, -0.25) is 10.1 Å². The molecule has 0 heterocycles. The van der Waals surface area contributed by atoms with Crippen LogP contribution in [0.15, 0.2) is 24.8 Å². The number of ether oxygens (including phenoxy) is 1. The van der Waals surface area contributed by atoms with Gasteiger partial charge in [-0.15, -0.1) is 6.58 Å². The van der Waals surface area contributed by atoms with Crippen LogP contribution in [0.5, 0.6) is 5.75 Å².